The van der Waals surface area contributed by atoms with E-state index in [1.807, 2.05) is 6.92 Å². The number of nitrogens with one attached hydrogen (secondary N) is 2. The van der Waals surface area contributed by atoms with Crippen LogP contribution in [0.2, 0.25) is 0 Å². The molecule has 140 valence electrons. The number of aromatic nitrogens is 2. The molecule has 0 saturated carbocycles. The number of hydrogen-bond acceptors (Lipinski definition) is 7. The Labute approximate surface area is 146 Å². The van der Waals surface area contributed by atoms with Crippen LogP contribution < -0.4 is 15.8 Å². The average Bonchev–Trinajstić information content (AvgIpc) is 2.58. The maximum Gasteiger partial charge on any atom is 0.244 e. The summed E-state index contributed by atoms with van der Waals surface area (Å²) in [7, 11) is 3.32. The maximum atomic E-state index is 13.8. The molecule has 9 nitrogen and oxygen atoms in total. The SMILES string of the molecule is CCCCC[C@@H](CN(O)C=O)C(=O)NNc1ncc(N(C)C)c(F)n1. The minimum atomic E-state index is -0.723. The fraction of sp³-hybridized carbons (Fsp3) is 0.600. The third-order valence-corrected chi connectivity index (χ3v) is 3.56. The summed E-state index contributed by atoms with van der Waals surface area (Å²) in [6.07, 6.45) is 4.73. The highest BCUT2D eigenvalue weighted by Gasteiger charge is 2.21. The van der Waals surface area contributed by atoms with Crippen LogP contribution >= 0.6 is 0 Å². The van der Waals surface area contributed by atoms with Crippen molar-refractivity contribution in [2.45, 2.75) is 32.6 Å². The van der Waals surface area contributed by atoms with Crippen molar-refractivity contribution >= 4 is 24.0 Å². The second-order valence-electron chi connectivity index (χ2n) is 5.80. The zero-order valence-electron chi connectivity index (χ0n) is 14.7. The van der Waals surface area contributed by atoms with Crippen LogP contribution in [0.3, 0.4) is 0 Å². The second kappa shape index (κ2) is 10.4. The summed E-state index contributed by atoms with van der Waals surface area (Å²) < 4.78 is 13.8. The molecule has 3 N–H and O–H groups in total. The topological polar surface area (TPSA) is 111 Å². The molecule has 1 atom stereocenters. The van der Waals surface area contributed by atoms with E-state index in [0.29, 0.717) is 11.5 Å². The molecule has 0 unspecified atom stereocenters. The normalized spacial score (nSPS) is 11.6. The number of hydroxylamine groups is 2. The van der Waals surface area contributed by atoms with Crippen molar-refractivity contribution < 1.29 is 19.2 Å². The van der Waals surface area contributed by atoms with Gasteiger partial charge in [0.15, 0.2) is 0 Å². The van der Waals surface area contributed by atoms with Gasteiger partial charge in [0.05, 0.1) is 18.7 Å². The van der Waals surface area contributed by atoms with Crippen molar-refractivity contribution in [2.24, 2.45) is 5.92 Å². The first-order chi connectivity index (χ1) is 11.9. The van der Waals surface area contributed by atoms with Crippen molar-refractivity contribution in [3.63, 3.8) is 0 Å². The van der Waals surface area contributed by atoms with Crippen molar-refractivity contribution in [2.75, 3.05) is 31.0 Å². The Kier molecular flexibility index (Phi) is 8.54. The third-order valence-electron chi connectivity index (χ3n) is 3.56. The number of halogens is 1. The van der Waals surface area contributed by atoms with Crippen molar-refractivity contribution in [1.82, 2.24) is 20.5 Å². The van der Waals surface area contributed by atoms with E-state index in [-0.39, 0.29) is 24.6 Å². The van der Waals surface area contributed by atoms with E-state index in [1.165, 1.54) is 11.1 Å². The highest BCUT2D eigenvalue weighted by Crippen LogP contribution is 2.15. The lowest BCUT2D eigenvalue weighted by Gasteiger charge is -2.20. The van der Waals surface area contributed by atoms with E-state index in [0.717, 1.165) is 19.3 Å². The van der Waals surface area contributed by atoms with Gasteiger partial charge < -0.3 is 4.90 Å². The smallest absolute Gasteiger partial charge is 0.244 e. The molecular formula is C15H25FN6O3. The zero-order valence-corrected chi connectivity index (χ0v) is 14.7. The quantitative estimate of drug-likeness (QED) is 0.179. The van der Waals surface area contributed by atoms with Crippen LogP contribution in [-0.2, 0) is 9.59 Å². The van der Waals surface area contributed by atoms with Gasteiger partial charge in [0, 0.05) is 14.1 Å². The molecular weight excluding hydrogens is 331 g/mol. The van der Waals surface area contributed by atoms with Gasteiger partial charge in [-0.25, -0.2) is 10.0 Å². The lowest BCUT2D eigenvalue weighted by atomic mass is 10.0. The average molecular weight is 356 g/mol. The third kappa shape index (κ3) is 6.87. The molecule has 0 aromatic carbocycles. The number of unbranched alkanes of at least 4 members (excludes halogenated alkanes) is 2. The Balaban J connectivity index is 2.66. The predicted octanol–water partition coefficient (Wildman–Crippen LogP) is 1.17. The largest absolute Gasteiger partial charge is 0.373 e. The molecule has 0 spiro atoms. The van der Waals surface area contributed by atoms with Gasteiger partial charge in [0.25, 0.3) is 0 Å². The fourth-order valence-electron chi connectivity index (χ4n) is 2.15. The summed E-state index contributed by atoms with van der Waals surface area (Å²) in [5.41, 5.74) is 5.05. The molecule has 1 aromatic rings. The molecule has 0 aliphatic heterocycles. The molecule has 0 aliphatic carbocycles. The fourth-order valence-corrected chi connectivity index (χ4v) is 2.15. The summed E-state index contributed by atoms with van der Waals surface area (Å²) in [6, 6.07) is 0. The molecule has 0 bridgehead atoms. The summed E-state index contributed by atoms with van der Waals surface area (Å²) in [6.45, 7) is 1.90. The van der Waals surface area contributed by atoms with Crippen LogP contribution in [0.25, 0.3) is 0 Å². The van der Waals surface area contributed by atoms with E-state index in [4.69, 9.17) is 0 Å². The Bertz CT molecular complexity index is 572. The highest BCUT2D eigenvalue weighted by atomic mass is 19.1. The van der Waals surface area contributed by atoms with Crippen molar-refractivity contribution in [1.29, 1.82) is 0 Å². The highest BCUT2D eigenvalue weighted by molar-refractivity contribution is 5.80. The lowest BCUT2D eigenvalue weighted by molar-refractivity contribution is -0.154. The number of carbonyl (C=O) groups is 2. The number of carbonyl (C=O) groups excluding carboxylic acids is 2. The number of anilines is 2. The summed E-state index contributed by atoms with van der Waals surface area (Å²) >= 11 is 0. The minimum Gasteiger partial charge on any atom is -0.373 e. The number of rotatable bonds is 11. The monoisotopic (exact) mass is 356 g/mol. The van der Waals surface area contributed by atoms with Crippen LogP contribution in [0.4, 0.5) is 16.0 Å². The molecule has 0 saturated heterocycles. The van der Waals surface area contributed by atoms with Gasteiger partial charge >= 0.3 is 0 Å². The Morgan fingerprint density at radius 3 is 2.72 bits per heavy atom. The molecule has 2 amide bonds. The predicted molar refractivity (Wildman–Crippen MR) is 90.3 cm³/mol. The van der Waals surface area contributed by atoms with E-state index in [2.05, 4.69) is 20.8 Å². The summed E-state index contributed by atoms with van der Waals surface area (Å²) in [5.74, 6) is -1.88. The molecule has 0 aliphatic rings. The Morgan fingerprint density at radius 1 is 1.44 bits per heavy atom. The van der Waals surface area contributed by atoms with Crippen molar-refractivity contribution in [3.8, 4) is 0 Å². The Hall–Kier alpha value is -2.49. The van der Waals surface area contributed by atoms with Gasteiger partial charge in [0.2, 0.25) is 24.2 Å². The van der Waals surface area contributed by atoms with E-state index in [1.54, 1.807) is 14.1 Å². The van der Waals surface area contributed by atoms with Crippen LogP contribution in [0, 0.1) is 11.9 Å². The first-order valence-corrected chi connectivity index (χ1v) is 8.05. The lowest BCUT2D eigenvalue weighted by Crippen LogP contribution is -2.40. The Morgan fingerprint density at radius 2 is 2.16 bits per heavy atom. The molecule has 1 aromatic heterocycles. The van der Waals surface area contributed by atoms with E-state index >= 15 is 0 Å². The second-order valence-corrected chi connectivity index (χ2v) is 5.80. The molecule has 1 rings (SSSR count). The molecule has 1 heterocycles. The van der Waals surface area contributed by atoms with Gasteiger partial charge in [-0.15, -0.1) is 0 Å². The zero-order chi connectivity index (χ0) is 18.8. The maximum absolute atomic E-state index is 13.8. The molecule has 25 heavy (non-hydrogen) atoms. The van der Waals surface area contributed by atoms with Crippen LogP contribution in [-0.4, -0.2) is 53.2 Å². The van der Waals surface area contributed by atoms with E-state index in [9.17, 15) is 19.2 Å². The van der Waals surface area contributed by atoms with Crippen LogP contribution in [0.5, 0.6) is 0 Å². The van der Waals surface area contributed by atoms with Gasteiger partial charge in [-0.2, -0.15) is 9.37 Å². The first kappa shape index (κ1) is 20.6. The molecule has 10 heteroatoms. The number of nitrogens with zero attached hydrogens (tertiary/aromatic N) is 4. The van der Waals surface area contributed by atoms with Gasteiger partial charge in [-0.3, -0.25) is 25.6 Å². The minimum absolute atomic E-state index is 0.0972. The molecule has 0 fully saturated rings. The van der Waals surface area contributed by atoms with Gasteiger partial charge in [-0.05, 0) is 6.42 Å². The standard InChI is InChI=1S/C15H25FN6O3/c1-4-5-6-7-11(9-22(25)10-23)14(24)19-20-15-17-8-12(21(2)3)13(16)18-15/h8,10-11,25H,4-7,9H2,1-3H3,(H,19,24)(H,17,18,20)/t11-/m0/s1. The number of hydrazine groups is 1. The molecule has 0 radical (unpaired) electrons. The summed E-state index contributed by atoms with van der Waals surface area (Å²) in [4.78, 5) is 31.8. The van der Waals surface area contributed by atoms with Crippen molar-refractivity contribution in [3.05, 3.63) is 12.1 Å². The first-order valence-electron chi connectivity index (χ1n) is 8.05. The van der Waals surface area contributed by atoms with Crippen LogP contribution in [0.15, 0.2) is 6.20 Å². The number of amides is 2. The van der Waals surface area contributed by atoms with Gasteiger partial charge in [0.1, 0.15) is 5.69 Å². The van der Waals surface area contributed by atoms with E-state index < -0.39 is 17.8 Å². The summed E-state index contributed by atoms with van der Waals surface area (Å²) in [5, 5.41) is 9.75. The number of hydrogen-bond donors (Lipinski definition) is 3. The van der Waals surface area contributed by atoms with Crippen LogP contribution in [0.1, 0.15) is 32.6 Å². The van der Waals surface area contributed by atoms with Gasteiger partial charge in [-0.1, -0.05) is 26.2 Å².